The van der Waals surface area contributed by atoms with Gasteiger partial charge >= 0.3 is 6.18 Å². The molecule has 0 bridgehead atoms. The van der Waals surface area contributed by atoms with Crippen LogP contribution in [0, 0.1) is 0 Å². The summed E-state index contributed by atoms with van der Waals surface area (Å²) in [6.45, 7) is 0. The number of aromatic nitrogens is 2. The third-order valence-corrected chi connectivity index (χ3v) is 4.90. The number of carbonyl (C=O) groups is 1. The van der Waals surface area contributed by atoms with Gasteiger partial charge in [0.15, 0.2) is 0 Å². The molecule has 2 heterocycles. The number of pyridine rings is 1. The van der Waals surface area contributed by atoms with E-state index in [1.165, 1.54) is 6.07 Å². The molecule has 1 N–H and O–H groups in total. The molecule has 1 aliphatic carbocycles. The van der Waals surface area contributed by atoms with Gasteiger partial charge in [-0.05, 0) is 48.2 Å². The topological polar surface area (TPSA) is 46.4 Å². The van der Waals surface area contributed by atoms with E-state index in [4.69, 9.17) is 0 Å². The number of benzene rings is 1. The van der Waals surface area contributed by atoms with Crippen LogP contribution in [0.4, 0.5) is 13.2 Å². The average Bonchev–Trinajstić information content (AvgIpc) is 3.29. The first-order valence-electron chi connectivity index (χ1n) is 8.87. The van der Waals surface area contributed by atoms with Crippen LogP contribution in [-0.4, -0.2) is 21.3 Å². The van der Waals surface area contributed by atoms with Crippen molar-refractivity contribution in [1.29, 1.82) is 0 Å². The lowest BCUT2D eigenvalue weighted by atomic mass is 10.0. The Labute approximate surface area is 154 Å². The van der Waals surface area contributed by atoms with Crippen molar-refractivity contribution in [2.24, 2.45) is 0 Å². The Kier molecular flexibility index (Phi) is 4.37. The highest BCUT2D eigenvalue weighted by atomic mass is 19.4. The maximum atomic E-state index is 12.9. The van der Waals surface area contributed by atoms with Crippen LogP contribution in [0.1, 0.15) is 41.7 Å². The van der Waals surface area contributed by atoms with Crippen LogP contribution in [0.5, 0.6) is 0 Å². The number of rotatable bonds is 3. The molecule has 140 valence electrons. The summed E-state index contributed by atoms with van der Waals surface area (Å²) in [6, 6.07) is 8.77. The largest absolute Gasteiger partial charge is 0.416 e. The van der Waals surface area contributed by atoms with Crippen molar-refractivity contribution in [2.75, 3.05) is 0 Å². The van der Waals surface area contributed by atoms with E-state index in [0.717, 1.165) is 37.8 Å². The van der Waals surface area contributed by atoms with Crippen LogP contribution < -0.4 is 5.32 Å². The Balaban J connectivity index is 1.62. The molecule has 27 heavy (non-hydrogen) atoms. The van der Waals surface area contributed by atoms with E-state index in [1.807, 2.05) is 0 Å². The number of imidazole rings is 1. The highest BCUT2D eigenvalue weighted by Crippen LogP contribution is 2.32. The number of hydrogen-bond acceptors (Lipinski definition) is 2. The van der Waals surface area contributed by atoms with Gasteiger partial charge in [-0.1, -0.05) is 25.0 Å². The minimum Gasteiger partial charge on any atom is -0.348 e. The molecule has 2 aromatic heterocycles. The Bertz CT molecular complexity index is 988. The molecule has 0 aliphatic heterocycles. The minimum atomic E-state index is -4.39. The fraction of sp³-hybridized carbons (Fsp3) is 0.300. The van der Waals surface area contributed by atoms with Crippen molar-refractivity contribution in [3.05, 3.63) is 60.0 Å². The van der Waals surface area contributed by atoms with Crippen molar-refractivity contribution in [3.8, 4) is 11.1 Å². The predicted octanol–water partition coefficient (Wildman–Crippen LogP) is 4.69. The van der Waals surface area contributed by atoms with E-state index < -0.39 is 11.7 Å². The minimum absolute atomic E-state index is 0.197. The molecule has 1 saturated carbocycles. The van der Waals surface area contributed by atoms with Gasteiger partial charge in [0.1, 0.15) is 11.3 Å². The fourth-order valence-corrected chi connectivity index (χ4v) is 3.48. The normalized spacial score (nSPS) is 15.4. The zero-order valence-corrected chi connectivity index (χ0v) is 14.5. The van der Waals surface area contributed by atoms with Crippen LogP contribution in [0.2, 0.25) is 0 Å². The second kappa shape index (κ2) is 6.72. The summed E-state index contributed by atoms with van der Waals surface area (Å²) >= 11 is 0. The zero-order chi connectivity index (χ0) is 19.0. The molecule has 4 rings (SSSR count). The number of amides is 1. The number of halogens is 3. The number of nitrogens with zero attached hydrogens (tertiary/aromatic N) is 2. The Hall–Kier alpha value is -2.83. The quantitative estimate of drug-likeness (QED) is 0.724. The van der Waals surface area contributed by atoms with E-state index in [1.54, 1.807) is 35.0 Å². The van der Waals surface area contributed by atoms with Crippen molar-refractivity contribution >= 4 is 11.6 Å². The van der Waals surface area contributed by atoms with E-state index in [2.05, 4.69) is 10.3 Å². The number of nitrogens with one attached hydrogen (secondary N) is 1. The van der Waals surface area contributed by atoms with Gasteiger partial charge in [0.2, 0.25) is 0 Å². The lowest BCUT2D eigenvalue weighted by Crippen LogP contribution is -2.32. The van der Waals surface area contributed by atoms with Crippen LogP contribution in [0.15, 0.2) is 48.8 Å². The molecule has 0 atom stereocenters. The number of hydrogen-bond donors (Lipinski definition) is 1. The van der Waals surface area contributed by atoms with E-state index in [9.17, 15) is 18.0 Å². The Morgan fingerprint density at radius 1 is 1.07 bits per heavy atom. The molecule has 1 amide bonds. The van der Waals surface area contributed by atoms with Crippen LogP contribution >= 0.6 is 0 Å². The Morgan fingerprint density at radius 3 is 2.59 bits per heavy atom. The summed E-state index contributed by atoms with van der Waals surface area (Å²) in [5, 5.41) is 2.99. The van der Waals surface area contributed by atoms with Gasteiger partial charge in [0.25, 0.3) is 5.91 Å². The Morgan fingerprint density at radius 2 is 1.85 bits per heavy atom. The molecule has 3 aromatic rings. The van der Waals surface area contributed by atoms with E-state index >= 15 is 0 Å². The van der Waals surface area contributed by atoms with Gasteiger partial charge in [-0.2, -0.15) is 13.2 Å². The SMILES string of the molecule is O=C(NC1CCCC1)c1cn2cc(-c3cccc(C(F)(F)F)c3)ccc2n1. The van der Waals surface area contributed by atoms with Crippen LogP contribution in [0.3, 0.4) is 0 Å². The molecule has 0 radical (unpaired) electrons. The molecule has 0 unspecified atom stereocenters. The molecular formula is C20H18F3N3O. The standard InChI is InChI=1S/C20H18F3N3O/c21-20(22,23)15-5-3-4-13(10-15)14-8-9-18-25-17(12-26(18)11-14)19(27)24-16-6-1-2-7-16/h3-5,8-12,16H,1-2,6-7H2,(H,24,27). The summed E-state index contributed by atoms with van der Waals surface area (Å²) in [6.07, 6.45) is 3.12. The van der Waals surface area contributed by atoms with Crippen LogP contribution in [0.25, 0.3) is 16.8 Å². The number of carbonyl (C=O) groups excluding carboxylic acids is 1. The molecule has 7 heteroatoms. The van der Waals surface area contributed by atoms with Gasteiger partial charge in [-0.15, -0.1) is 0 Å². The smallest absolute Gasteiger partial charge is 0.348 e. The van der Waals surface area contributed by atoms with E-state index in [-0.39, 0.29) is 11.9 Å². The van der Waals surface area contributed by atoms with Gasteiger partial charge in [-0.25, -0.2) is 4.98 Å². The zero-order valence-electron chi connectivity index (χ0n) is 14.5. The molecular weight excluding hydrogens is 355 g/mol. The number of fused-ring (bicyclic) bond motifs is 1. The van der Waals surface area contributed by atoms with Gasteiger partial charge in [-0.3, -0.25) is 4.79 Å². The van der Waals surface area contributed by atoms with Crippen molar-refractivity contribution in [2.45, 2.75) is 37.9 Å². The first kappa shape index (κ1) is 17.6. The summed E-state index contributed by atoms with van der Waals surface area (Å²) in [5.41, 5.74) is 1.26. The predicted molar refractivity (Wildman–Crippen MR) is 95.4 cm³/mol. The molecule has 4 nitrogen and oxygen atoms in total. The highest BCUT2D eigenvalue weighted by Gasteiger charge is 2.30. The lowest BCUT2D eigenvalue weighted by Gasteiger charge is -2.09. The summed E-state index contributed by atoms with van der Waals surface area (Å²) in [4.78, 5) is 16.7. The second-order valence-corrected chi connectivity index (χ2v) is 6.84. The second-order valence-electron chi connectivity index (χ2n) is 6.84. The average molecular weight is 373 g/mol. The third kappa shape index (κ3) is 3.67. The first-order valence-corrected chi connectivity index (χ1v) is 8.87. The summed E-state index contributed by atoms with van der Waals surface area (Å²) < 4.78 is 40.5. The molecule has 1 aromatic carbocycles. The highest BCUT2D eigenvalue weighted by molar-refractivity contribution is 5.93. The summed E-state index contributed by atoms with van der Waals surface area (Å²) in [7, 11) is 0. The molecule has 1 aliphatic rings. The first-order chi connectivity index (χ1) is 12.9. The molecule has 1 fully saturated rings. The molecule has 0 spiro atoms. The van der Waals surface area contributed by atoms with Gasteiger partial charge in [0, 0.05) is 18.4 Å². The number of alkyl halides is 3. The van der Waals surface area contributed by atoms with Crippen molar-refractivity contribution < 1.29 is 18.0 Å². The van der Waals surface area contributed by atoms with Crippen molar-refractivity contribution in [3.63, 3.8) is 0 Å². The van der Waals surface area contributed by atoms with Crippen molar-refractivity contribution in [1.82, 2.24) is 14.7 Å². The van der Waals surface area contributed by atoms with E-state index in [0.29, 0.717) is 22.5 Å². The maximum Gasteiger partial charge on any atom is 0.416 e. The van der Waals surface area contributed by atoms with Gasteiger partial charge in [0.05, 0.1) is 5.56 Å². The lowest BCUT2D eigenvalue weighted by molar-refractivity contribution is -0.137. The maximum absolute atomic E-state index is 12.9. The van der Waals surface area contributed by atoms with Crippen LogP contribution in [-0.2, 0) is 6.18 Å². The van der Waals surface area contributed by atoms with Gasteiger partial charge < -0.3 is 9.72 Å². The third-order valence-electron chi connectivity index (χ3n) is 4.90. The monoisotopic (exact) mass is 373 g/mol. The fourth-order valence-electron chi connectivity index (χ4n) is 3.48. The molecule has 0 saturated heterocycles. The summed E-state index contributed by atoms with van der Waals surface area (Å²) in [5.74, 6) is -0.216.